The van der Waals surface area contributed by atoms with E-state index in [-0.39, 0.29) is 6.61 Å². The maximum absolute atomic E-state index is 11.6. The van der Waals surface area contributed by atoms with E-state index in [0.717, 1.165) is 48.1 Å². The maximum Gasteiger partial charge on any atom is 0.311 e. The molecule has 26 heavy (non-hydrogen) atoms. The van der Waals surface area contributed by atoms with Crippen molar-refractivity contribution in [2.75, 3.05) is 26.8 Å². The quantitative estimate of drug-likeness (QED) is 0.736. The molecule has 3 N–H and O–H groups in total. The highest BCUT2D eigenvalue weighted by molar-refractivity contribution is 5.96. The first-order valence-corrected chi connectivity index (χ1v) is 9.32. The number of fused-ring (bicyclic) bond motifs is 3. The van der Waals surface area contributed by atoms with E-state index in [4.69, 9.17) is 4.74 Å². The van der Waals surface area contributed by atoms with E-state index in [9.17, 15) is 15.0 Å². The highest BCUT2D eigenvalue weighted by atomic mass is 16.5. The van der Waals surface area contributed by atoms with Gasteiger partial charge in [0.15, 0.2) is 0 Å². The number of hydrogen-bond donors (Lipinski definition) is 3. The minimum Gasteiger partial charge on any atom is -0.496 e. The molecule has 1 atom stereocenters. The summed E-state index contributed by atoms with van der Waals surface area (Å²) in [6.07, 6.45) is 2.35. The fourth-order valence-electron chi connectivity index (χ4n) is 3.74. The molecule has 3 rings (SSSR count). The number of aliphatic hydroxyl groups excluding tert-OH is 1. The summed E-state index contributed by atoms with van der Waals surface area (Å²) in [5.74, 6) is -0.578. The number of benzene rings is 1. The van der Waals surface area contributed by atoms with Gasteiger partial charge in [-0.2, -0.15) is 0 Å². The largest absolute Gasteiger partial charge is 0.496 e. The van der Waals surface area contributed by atoms with Crippen LogP contribution in [0.4, 0.5) is 0 Å². The van der Waals surface area contributed by atoms with E-state index in [0.29, 0.717) is 18.7 Å². The zero-order valence-electron chi connectivity index (χ0n) is 15.9. The van der Waals surface area contributed by atoms with Crippen LogP contribution in [0.5, 0.6) is 5.75 Å². The third kappa shape index (κ3) is 4.02. The fourth-order valence-corrected chi connectivity index (χ4v) is 3.74. The number of aliphatic hydroxyl groups is 1. The van der Waals surface area contributed by atoms with Gasteiger partial charge >= 0.3 is 5.97 Å². The summed E-state index contributed by atoms with van der Waals surface area (Å²) in [4.78, 5) is 11.6. The van der Waals surface area contributed by atoms with E-state index in [1.165, 1.54) is 0 Å². The number of ether oxygens (including phenoxy) is 1. The smallest absolute Gasteiger partial charge is 0.311 e. The third-order valence-electron chi connectivity index (χ3n) is 4.80. The molecule has 0 aliphatic heterocycles. The van der Waals surface area contributed by atoms with E-state index < -0.39 is 11.9 Å². The molecule has 0 amide bonds. The molecule has 1 aromatic heterocycles. The van der Waals surface area contributed by atoms with Gasteiger partial charge in [-0.1, -0.05) is 19.9 Å². The van der Waals surface area contributed by atoms with Crippen molar-refractivity contribution in [1.82, 2.24) is 9.88 Å². The second-order valence-electron chi connectivity index (χ2n) is 6.33. The maximum atomic E-state index is 11.6. The van der Waals surface area contributed by atoms with Gasteiger partial charge in [0.05, 0.1) is 25.2 Å². The molecule has 2 aromatic rings. The Morgan fingerprint density at radius 3 is 2.62 bits per heavy atom. The van der Waals surface area contributed by atoms with Crippen LogP contribution in [0.1, 0.15) is 43.9 Å². The van der Waals surface area contributed by atoms with Crippen molar-refractivity contribution in [2.45, 2.75) is 45.6 Å². The van der Waals surface area contributed by atoms with Gasteiger partial charge < -0.3 is 24.8 Å². The number of hydrogen-bond acceptors (Lipinski definition) is 4. The SMILES string of the molecule is CCNCC.COc1cccc2c1c1c(n2CCO)CCCC1C(=O)O. The molecule has 1 aliphatic carbocycles. The van der Waals surface area contributed by atoms with Crippen molar-refractivity contribution in [3.8, 4) is 5.75 Å². The number of carbonyl (C=O) groups is 1. The van der Waals surface area contributed by atoms with E-state index >= 15 is 0 Å². The Morgan fingerprint density at radius 1 is 1.35 bits per heavy atom. The van der Waals surface area contributed by atoms with Crippen molar-refractivity contribution in [1.29, 1.82) is 0 Å². The van der Waals surface area contributed by atoms with Gasteiger partial charge in [-0.25, -0.2) is 0 Å². The molecule has 6 nitrogen and oxygen atoms in total. The lowest BCUT2D eigenvalue weighted by Gasteiger charge is -2.21. The van der Waals surface area contributed by atoms with Crippen molar-refractivity contribution < 1.29 is 19.7 Å². The normalized spacial score (nSPS) is 15.9. The number of nitrogens with zero attached hydrogens (tertiary/aromatic N) is 1. The highest BCUT2D eigenvalue weighted by Gasteiger charge is 2.33. The Bertz CT molecular complexity index is 737. The summed E-state index contributed by atoms with van der Waals surface area (Å²) in [5.41, 5.74) is 2.85. The third-order valence-corrected chi connectivity index (χ3v) is 4.80. The number of nitrogens with one attached hydrogen (secondary N) is 1. The number of carboxylic acids is 1. The summed E-state index contributed by atoms with van der Waals surface area (Å²) >= 11 is 0. The van der Waals surface area contributed by atoms with Crippen molar-refractivity contribution in [3.05, 3.63) is 29.5 Å². The molecular weight excluding hydrogens is 332 g/mol. The molecule has 1 unspecified atom stereocenters. The summed E-state index contributed by atoms with van der Waals surface area (Å²) in [7, 11) is 1.60. The Labute approximate surface area is 154 Å². The molecule has 144 valence electrons. The van der Waals surface area contributed by atoms with E-state index in [2.05, 4.69) is 19.2 Å². The zero-order chi connectivity index (χ0) is 19.1. The topological polar surface area (TPSA) is 83.7 Å². The number of carboxylic acid groups (broad SMARTS) is 1. The van der Waals surface area contributed by atoms with Crippen LogP contribution >= 0.6 is 0 Å². The van der Waals surface area contributed by atoms with Crippen LogP contribution in [0.2, 0.25) is 0 Å². The van der Waals surface area contributed by atoms with Crippen molar-refractivity contribution in [2.24, 2.45) is 0 Å². The summed E-state index contributed by atoms with van der Waals surface area (Å²) in [6.45, 7) is 6.90. The molecule has 1 heterocycles. The second-order valence-corrected chi connectivity index (χ2v) is 6.33. The lowest BCUT2D eigenvalue weighted by Crippen LogP contribution is -2.19. The van der Waals surface area contributed by atoms with Crippen LogP contribution in [0.25, 0.3) is 10.9 Å². The van der Waals surface area contributed by atoms with Crippen LogP contribution in [0.3, 0.4) is 0 Å². The number of rotatable bonds is 6. The standard InChI is InChI=1S/C16H19NO4.C4H11N/c1-21-13-7-3-6-12-15(13)14-10(16(19)20)4-2-5-11(14)17(12)8-9-18;1-3-5-4-2/h3,6-7,10,18H,2,4-5,8-9H2,1H3,(H,19,20);5H,3-4H2,1-2H3. The Hall–Kier alpha value is -2.05. The van der Waals surface area contributed by atoms with Crippen molar-refractivity contribution >= 4 is 16.9 Å². The predicted molar refractivity (Wildman–Crippen MR) is 103 cm³/mol. The first-order chi connectivity index (χ1) is 12.6. The molecule has 0 saturated heterocycles. The zero-order valence-corrected chi connectivity index (χ0v) is 15.9. The number of aromatic nitrogens is 1. The van der Waals surface area contributed by atoms with E-state index in [1.807, 2.05) is 22.8 Å². The Balaban J connectivity index is 0.000000431. The first-order valence-electron chi connectivity index (χ1n) is 9.32. The monoisotopic (exact) mass is 362 g/mol. The molecule has 1 aliphatic rings. The van der Waals surface area contributed by atoms with E-state index in [1.54, 1.807) is 7.11 Å². The molecule has 0 bridgehead atoms. The summed E-state index contributed by atoms with van der Waals surface area (Å²) in [6, 6.07) is 5.72. The minimum atomic E-state index is -0.787. The lowest BCUT2D eigenvalue weighted by atomic mass is 9.85. The van der Waals surface area contributed by atoms with Gasteiger partial charge in [-0.15, -0.1) is 0 Å². The van der Waals surface area contributed by atoms with Gasteiger partial charge in [0, 0.05) is 17.6 Å². The summed E-state index contributed by atoms with van der Waals surface area (Å²) < 4.78 is 7.49. The van der Waals surface area contributed by atoms with Crippen LogP contribution in [-0.4, -0.2) is 47.6 Å². The highest BCUT2D eigenvalue weighted by Crippen LogP contribution is 2.42. The molecule has 0 fully saturated rings. The number of aliphatic carboxylic acids is 1. The second kappa shape index (κ2) is 9.59. The van der Waals surface area contributed by atoms with Crippen LogP contribution < -0.4 is 10.1 Å². The molecule has 0 radical (unpaired) electrons. The van der Waals surface area contributed by atoms with Crippen LogP contribution in [0.15, 0.2) is 18.2 Å². The van der Waals surface area contributed by atoms with Gasteiger partial charge in [-0.3, -0.25) is 4.79 Å². The molecule has 0 spiro atoms. The molecule has 6 heteroatoms. The Kier molecular flexibility index (Phi) is 7.48. The molecule has 0 saturated carbocycles. The average molecular weight is 362 g/mol. The molecule has 1 aromatic carbocycles. The lowest BCUT2D eigenvalue weighted by molar-refractivity contribution is -0.139. The van der Waals surface area contributed by atoms with Gasteiger partial charge in [0.1, 0.15) is 5.75 Å². The first kappa shape index (κ1) is 20.3. The van der Waals surface area contributed by atoms with Gasteiger partial charge in [0.2, 0.25) is 0 Å². The van der Waals surface area contributed by atoms with Crippen LogP contribution in [0, 0.1) is 0 Å². The average Bonchev–Trinajstić information content (AvgIpc) is 2.97. The molecular formula is C20H30N2O4. The van der Waals surface area contributed by atoms with Crippen LogP contribution in [-0.2, 0) is 17.8 Å². The van der Waals surface area contributed by atoms with Gasteiger partial charge in [0.25, 0.3) is 0 Å². The fraction of sp³-hybridized carbons (Fsp3) is 0.550. The van der Waals surface area contributed by atoms with Crippen molar-refractivity contribution in [3.63, 3.8) is 0 Å². The predicted octanol–water partition coefficient (Wildman–Crippen LogP) is 2.76. The minimum absolute atomic E-state index is 0.0329. The van der Waals surface area contributed by atoms with Gasteiger partial charge in [-0.05, 0) is 50.0 Å². The number of methoxy groups -OCH3 is 1. The summed E-state index contributed by atoms with van der Waals surface area (Å²) in [5, 5.41) is 22.9. The Morgan fingerprint density at radius 2 is 2.08 bits per heavy atom.